The average Bonchev–Trinajstić information content (AvgIpc) is 2.33. The Morgan fingerprint density at radius 2 is 2.11 bits per heavy atom. The standard InChI is InChI=1S/C15H21F2NO/c1-3-9-18-14(15(19-2)7-4-8-15)12-6-5-11(16)10-13(12)17/h5-6,10,14,18H,3-4,7-9H2,1-2H3. The molecule has 1 aliphatic rings. The largest absolute Gasteiger partial charge is 0.376 e. The van der Waals surface area contributed by atoms with Crippen LogP contribution in [0.4, 0.5) is 8.78 Å². The molecule has 1 aromatic rings. The molecular formula is C15H21F2NO. The van der Waals surface area contributed by atoms with Crippen molar-refractivity contribution in [3.05, 3.63) is 35.4 Å². The Labute approximate surface area is 113 Å². The molecule has 1 unspecified atom stereocenters. The van der Waals surface area contributed by atoms with Crippen LogP contribution in [0.15, 0.2) is 18.2 Å². The number of halogens is 2. The molecule has 0 aliphatic heterocycles. The van der Waals surface area contributed by atoms with Crippen LogP contribution in [0.2, 0.25) is 0 Å². The Morgan fingerprint density at radius 3 is 2.58 bits per heavy atom. The van der Waals surface area contributed by atoms with Gasteiger partial charge in [0.05, 0.1) is 11.6 Å². The first-order chi connectivity index (χ1) is 9.13. The first-order valence-corrected chi connectivity index (χ1v) is 6.86. The van der Waals surface area contributed by atoms with Crippen molar-refractivity contribution in [2.75, 3.05) is 13.7 Å². The van der Waals surface area contributed by atoms with Gasteiger partial charge < -0.3 is 10.1 Å². The molecular weight excluding hydrogens is 248 g/mol. The van der Waals surface area contributed by atoms with Crippen molar-refractivity contribution in [1.82, 2.24) is 5.32 Å². The van der Waals surface area contributed by atoms with Crippen LogP contribution in [0.3, 0.4) is 0 Å². The monoisotopic (exact) mass is 269 g/mol. The van der Waals surface area contributed by atoms with Crippen LogP contribution < -0.4 is 5.32 Å². The molecule has 1 saturated carbocycles. The van der Waals surface area contributed by atoms with E-state index in [0.717, 1.165) is 38.3 Å². The Balaban J connectivity index is 2.31. The zero-order valence-electron chi connectivity index (χ0n) is 11.5. The molecule has 0 bridgehead atoms. The molecule has 106 valence electrons. The topological polar surface area (TPSA) is 21.3 Å². The molecule has 2 nitrogen and oxygen atoms in total. The predicted molar refractivity (Wildman–Crippen MR) is 71.0 cm³/mol. The van der Waals surface area contributed by atoms with Crippen molar-refractivity contribution in [3.63, 3.8) is 0 Å². The van der Waals surface area contributed by atoms with Crippen molar-refractivity contribution < 1.29 is 13.5 Å². The second-order valence-electron chi connectivity index (χ2n) is 5.18. The summed E-state index contributed by atoms with van der Waals surface area (Å²) in [6.07, 6.45) is 3.85. The quantitative estimate of drug-likeness (QED) is 0.852. The van der Waals surface area contributed by atoms with Crippen LogP contribution in [-0.4, -0.2) is 19.3 Å². The summed E-state index contributed by atoms with van der Waals surface area (Å²) in [5.74, 6) is -1.05. The summed E-state index contributed by atoms with van der Waals surface area (Å²) < 4.78 is 32.7. The first-order valence-electron chi connectivity index (χ1n) is 6.86. The van der Waals surface area contributed by atoms with Crippen molar-refractivity contribution >= 4 is 0 Å². The fourth-order valence-electron chi connectivity index (χ4n) is 2.74. The smallest absolute Gasteiger partial charge is 0.131 e. The van der Waals surface area contributed by atoms with E-state index in [1.54, 1.807) is 7.11 Å². The van der Waals surface area contributed by atoms with Gasteiger partial charge in [0.15, 0.2) is 0 Å². The normalized spacial score (nSPS) is 18.9. The molecule has 1 N–H and O–H groups in total. The highest BCUT2D eigenvalue weighted by molar-refractivity contribution is 5.26. The minimum Gasteiger partial charge on any atom is -0.376 e. The Bertz CT molecular complexity index is 427. The van der Waals surface area contributed by atoms with E-state index in [4.69, 9.17) is 4.74 Å². The molecule has 2 rings (SSSR count). The maximum Gasteiger partial charge on any atom is 0.131 e. The fourth-order valence-corrected chi connectivity index (χ4v) is 2.74. The highest BCUT2D eigenvalue weighted by Crippen LogP contribution is 2.45. The molecule has 0 heterocycles. The molecule has 19 heavy (non-hydrogen) atoms. The maximum absolute atomic E-state index is 14.0. The van der Waals surface area contributed by atoms with Gasteiger partial charge in [0.2, 0.25) is 0 Å². The Morgan fingerprint density at radius 1 is 1.37 bits per heavy atom. The molecule has 0 aromatic heterocycles. The lowest BCUT2D eigenvalue weighted by molar-refractivity contribution is -0.100. The van der Waals surface area contributed by atoms with E-state index in [9.17, 15) is 8.78 Å². The van der Waals surface area contributed by atoms with E-state index in [0.29, 0.717) is 5.56 Å². The summed E-state index contributed by atoms with van der Waals surface area (Å²) >= 11 is 0. The zero-order valence-corrected chi connectivity index (χ0v) is 11.5. The SMILES string of the molecule is CCCNC(c1ccc(F)cc1F)C1(OC)CCC1. The van der Waals surface area contributed by atoms with Crippen LogP contribution in [0, 0.1) is 11.6 Å². The van der Waals surface area contributed by atoms with Gasteiger partial charge in [-0.05, 0) is 38.3 Å². The summed E-state index contributed by atoms with van der Waals surface area (Å²) in [7, 11) is 1.67. The van der Waals surface area contributed by atoms with E-state index < -0.39 is 11.6 Å². The molecule has 4 heteroatoms. The molecule has 1 atom stereocenters. The molecule has 0 saturated heterocycles. The summed E-state index contributed by atoms with van der Waals surface area (Å²) in [6, 6.07) is 3.56. The Hall–Kier alpha value is -1.00. The van der Waals surface area contributed by atoms with Gasteiger partial charge in [-0.1, -0.05) is 13.0 Å². The van der Waals surface area contributed by atoms with Gasteiger partial charge in [-0.25, -0.2) is 8.78 Å². The van der Waals surface area contributed by atoms with Gasteiger partial charge in [-0.3, -0.25) is 0 Å². The molecule has 1 aliphatic carbocycles. The highest BCUT2D eigenvalue weighted by atomic mass is 19.1. The molecule has 0 amide bonds. The van der Waals surface area contributed by atoms with E-state index in [2.05, 4.69) is 12.2 Å². The van der Waals surface area contributed by atoms with Gasteiger partial charge in [-0.15, -0.1) is 0 Å². The van der Waals surface area contributed by atoms with Crippen molar-refractivity contribution in [3.8, 4) is 0 Å². The summed E-state index contributed by atoms with van der Waals surface area (Å²) in [4.78, 5) is 0. The second kappa shape index (κ2) is 5.97. The van der Waals surface area contributed by atoms with E-state index in [-0.39, 0.29) is 11.6 Å². The van der Waals surface area contributed by atoms with Crippen molar-refractivity contribution in [2.45, 2.75) is 44.2 Å². The molecule has 0 spiro atoms. The number of rotatable bonds is 6. The number of nitrogens with one attached hydrogen (secondary N) is 1. The van der Waals surface area contributed by atoms with Gasteiger partial charge >= 0.3 is 0 Å². The van der Waals surface area contributed by atoms with E-state index in [1.807, 2.05) is 0 Å². The third-order valence-electron chi connectivity index (χ3n) is 4.00. The number of hydrogen-bond acceptors (Lipinski definition) is 2. The number of methoxy groups -OCH3 is 1. The van der Waals surface area contributed by atoms with Crippen LogP contribution in [-0.2, 0) is 4.74 Å². The summed E-state index contributed by atoms with van der Waals surface area (Å²) in [5, 5.41) is 3.35. The third-order valence-corrected chi connectivity index (χ3v) is 4.00. The lowest BCUT2D eigenvalue weighted by atomic mass is 9.72. The van der Waals surface area contributed by atoms with Crippen molar-refractivity contribution in [2.24, 2.45) is 0 Å². The van der Waals surface area contributed by atoms with Gasteiger partial charge in [0, 0.05) is 18.7 Å². The van der Waals surface area contributed by atoms with Gasteiger partial charge in [0.25, 0.3) is 0 Å². The fraction of sp³-hybridized carbons (Fsp3) is 0.600. The number of hydrogen-bond donors (Lipinski definition) is 1. The lowest BCUT2D eigenvalue weighted by Crippen LogP contribution is -2.51. The van der Waals surface area contributed by atoms with Gasteiger partial charge in [-0.2, -0.15) is 0 Å². The zero-order chi connectivity index (χ0) is 13.9. The van der Waals surface area contributed by atoms with E-state index >= 15 is 0 Å². The van der Waals surface area contributed by atoms with E-state index in [1.165, 1.54) is 12.1 Å². The second-order valence-corrected chi connectivity index (χ2v) is 5.18. The minimum absolute atomic E-state index is 0.216. The van der Waals surface area contributed by atoms with Gasteiger partial charge in [0.1, 0.15) is 11.6 Å². The number of benzene rings is 1. The van der Waals surface area contributed by atoms with Crippen LogP contribution in [0.1, 0.15) is 44.2 Å². The molecule has 0 radical (unpaired) electrons. The third kappa shape index (κ3) is 2.79. The average molecular weight is 269 g/mol. The van der Waals surface area contributed by atoms with Crippen molar-refractivity contribution in [1.29, 1.82) is 0 Å². The highest BCUT2D eigenvalue weighted by Gasteiger charge is 2.45. The number of ether oxygens (including phenoxy) is 1. The minimum atomic E-state index is -0.546. The molecule has 1 fully saturated rings. The summed E-state index contributed by atoms with van der Waals surface area (Å²) in [5.41, 5.74) is 0.143. The van der Waals surface area contributed by atoms with Crippen LogP contribution >= 0.6 is 0 Å². The van der Waals surface area contributed by atoms with Crippen LogP contribution in [0.25, 0.3) is 0 Å². The maximum atomic E-state index is 14.0. The first kappa shape index (κ1) is 14.4. The summed E-state index contributed by atoms with van der Waals surface area (Å²) in [6.45, 7) is 2.85. The molecule has 1 aromatic carbocycles. The predicted octanol–water partition coefficient (Wildman–Crippen LogP) is 3.57. The lowest BCUT2D eigenvalue weighted by Gasteiger charge is -2.47. The van der Waals surface area contributed by atoms with Crippen LogP contribution in [0.5, 0.6) is 0 Å². The Kier molecular flexibility index (Phi) is 4.53.